The summed E-state index contributed by atoms with van der Waals surface area (Å²) in [6.07, 6.45) is 9.04. The van der Waals surface area contributed by atoms with Crippen molar-refractivity contribution >= 4 is 11.7 Å². The van der Waals surface area contributed by atoms with E-state index in [0.717, 1.165) is 47.7 Å². The first kappa shape index (κ1) is 18.0. The molecule has 142 valence electrons. The van der Waals surface area contributed by atoms with Crippen molar-refractivity contribution < 1.29 is 9.53 Å². The van der Waals surface area contributed by atoms with Crippen LogP contribution in [0, 0.1) is 5.92 Å². The Hall–Kier alpha value is -2.43. The van der Waals surface area contributed by atoms with Gasteiger partial charge in [0.2, 0.25) is 5.91 Å². The summed E-state index contributed by atoms with van der Waals surface area (Å²) >= 11 is 0. The zero-order chi connectivity index (χ0) is 18.8. The number of nitrogens with one attached hydrogen (secondary N) is 1. The van der Waals surface area contributed by atoms with E-state index < -0.39 is 0 Å². The van der Waals surface area contributed by atoms with Crippen LogP contribution in [-0.4, -0.2) is 23.0 Å². The van der Waals surface area contributed by atoms with E-state index in [2.05, 4.69) is 17.4 Å². The van der Waals surface area contributed by atoms with Crippen molar-refractivity contribution in [2.75, 3.05) is 12.4 Å². The molecule has 1 saturated carbocycles. The number of benzene rings is 1. The second-order valence-corrected chi connectivity index (χ2v) is 7.73. The Labute approximate surface area is 160 Å². The third-order valence-electron chi connectivity index (χ3n) is 5.74. The van der Waals surface area contributed by atoms with Crippen molar-refractivity contribution in [3.05, 3.63) is 35.2 Å². The lowest BCUT2D eigenvalue weighted by Gasteiger charge is -2.24. The first-order chi connectivity index (χ1) is 13.1. The van der Waals surface area contributed by atoms with E-state index in [1.165, 1.54) is 44.6 Å². The maximum atomic E-state index is 11.7. The van der Waals surface area contributed by atoms with E-state index in [-0.39, 0.29) is 5.91 Å². The molecule has 2 aromatic rings. The van der Waals surface area contributed by atoms with E-state index in [1.54, 1.807) is 7.11 Å². The molecule has 27 heavy (non-hydrogen) atoms. The third kappa shape index (κ3) is 3.82. The van der Waals surface area contributed by atoms with Gasteiger partial charge in [0.15, 0.2) is 5.82 Å². The van der Waals surface area contributed by atoms with Gasteiger partial charge < -0.3 is 10.1 Å². The van der Waals surface area contributed by atoms with E-state index in [1.807, 2.05) is 6.07 Å². The van der Waals surface area contributed by atoms with Crippen LogP contribution in [0.5, 0.6) is 5.75 Å². The number of hydrogen-bond donors (Lipinski definition) is 1. The smallest absolute Gasteiger partial charge is 0.222 e. The molecule has 5 nitrogen and oxygen atoms in total. The van der Waals surface area contributed by atoms with Crippen molar-refractivity contribution in [2.45, 2.75) is 58.3 Å². The Morgan fingerprint density at radius 1 is 1.19 bits per heavy atom. The minimum Gasteiger partial charge on any atom is -0.497 e. The molecular formula is C22H27N3O2. The molecule has 4 rings (SSSR count). The lowest BCUT2D eigenvalue weighted by Crippen LogP contribution is -2.19. The fourth-order valence-corrected chi connectivity index (χ4v) is 4.36. The predicted molar refractivity (Wildman–Crippen MR) is 106 cm³/mol. The number of aromatic nitrogens is 2. The van der Waals surface area contributed by atoms with Crippen molar-refractivity contribution in [3.8, 4) is 17.0 Å². The number of amides is 1. The van der Waals surface area contributed by atoms with Crippen LogP contribution in [0.3, 0.4) is 0 Å². The molecule has 0 unspecified atom stereocenters. The minimum atomic E-state index is -0.0879. The molecule has 1 N–H and O–H groups in total. The summed E-state index contributed by atoms with van der Waals surface area (Å²) < 4.78 is 5.37. The number of carbonyl (C=O) groups excluding carboxylic acids is 1. The van der Waals surface area contributed by atoms with E-state index in [0.29, 0.717) is 11.7 Å². The van der Waals surface area contributed by atoms with Crippen LogP contribution in [0.4, 0.5) is 5.82 Å². The first-order valence-electron chi connectivity index (χ1n) is 9.98. The zero-order valence-corrected chi connectivity index (χ0v) is 16.2. The summed E-state index contributed by atoms with van der Waals surface area (Å²) in [6.45, 7) is 1.53. The Bertz CT molecular complexity index is 857. The molecule has 0 bridgehead atoms. The predicted octanol–water partition coefficient (Wildman–Crippen LogP) is 4.33. The summed E-state index contributed by atoms with van der Waals surface area (Å²) in [7, 11) is 1.69. The van der Waals surface area contributed by atoms with E-state index in [9.17, 15) is 4.79 Å². The fourth-order valence-electron chi connectivity index (χ4n) is 4.36. The number of fused-ring (bicyclic) bond motifs is 3. The number of hydrogen-bond acceptors (Lipinski definition) is 4. The normalized spacial score (nSPS) is 16.4. The number of ether oxygens (including phenoxy) is 1. The van der Waals surface area contributed by atoms with Gasteiger partial charge in [-0.15, -0.1) is 0 Å². The molecule has 0 spiro atoms. The standard InChI is InChI=1S/C22H27N3O2/c1-14(26)23-22-20(12-15-6-4-3-5-7-15)24-21-18-10-9-17(27-2)13-16(18)8-11-19(21)25-22/h9-10,13,15H,3-8,11-12H2,1-2H3,(H,23,25,26). The average Bonchev–Trinajstić information content (AvgIpc) is 2.68. The number of nitrogens with zero attached hydrogens (tertiary/aromatic N) is 2. The molecule has 0 saturated heterocycles. The summed E-state index contributed by atoms with van der Waals surface area (Å²) in [5.41, 5.74) is 5.28. The zero-order valence-electron chi connectivity index (χ0n) is 16.2. The topological polar surface area (TPSA) is 64.1 Å². The van der Waals surface area contributed by atoms with Crippen molar-refractivity contribution in [1.29, 1.82) is 0 Å². The van der Waals surface area contributed by atoms with Gasteiger partial charge >= 0.3 is 0 Å². The molecule has 0 atom stereocenters. The number of methoxy groups -OCH3 is 1. The van der Waals surface area contributed by atoms with Gasteiger partial charge in [0.05, 0.1) is 24.2 Å². The molecule has 1 fully saturated rings. The van der Waals surface area contributed by atoms with Crippen LogP contribution in [0.2, 0.25) is 0 Å². The Kier molecular flexibility index (Phi) is 5.10. The van der Waals surface area contributed by atoms with Crippen LogP contribution >= 0.6 is 0 Å². The fraction of sp³-hybridized carbons (Fsp3) is 0.500. The van der Waals surface area contributed by atoms with Gasteiger partial charge in [0.1, 0.15) is 5.75 Å². The second-order valence-electron chi connectivity index (χ2n) is 7.73. The largest absolute Gasteiger partial charge is 0.497 e. The molecule has 0 radical (unpaired) electrons. The van der Waals surface area contributed by atoms with Crippen molar-refractivity contribution in [2.24, 2.45) is 5.92 Å². The monoisotopic (exact) mass is 365 g/mol. The number of aryl methyl sites for hydroxylation is 2. The lowest BCUT2D eigenvalue weighted by atomic mass is 9.85. The molecule has 1 heterocycles. The lowest BCUT2D eigenvalue weighted by molar-refractivity contribution is -0.114. The van der Waals surface area contributed by atoms with Gasteiger partial charge in [-0.2, -0.15) is 0 Å². The summed E-state index contributed by atoms with van der Waals surface area (Å²) in [4.78, 5) is 21.6. The molecule has 2 aliphatic rings. The van der Waals surface area contributed by atoms with Gasteiger partial charge in [-0.1, -0.05) is 32.1 Å². The van der Waals surface area contributed by atoms with Crippen LogP contribution in [0.25, 0.3) is 11.3 Å². The number of carbonyl (C=O) groups is 1. The molecule has 2 aliphatic carbocycles. The summed E-state index contributed by atoms with van der Waals surface area (Å²) in [5, 5.41) is 2.92. The van der Waals surface area contributed by atoms with Gasteiger partial charge in [-0.05, 0) is 48.9 Å². The van der Waals surface area contributed by atoms with Gasteiger partial charge in [-0.3, -0.25) is 4.79 Å². The highest BCUT2D eigenvalue weighted by Crippen LogP contribution is 2.36. The Morgan fingerprint density at radius 3 is 2.74 bits per heavy atom. The molecule has 1 aromatic heterocycles. The van der Waals surface area contributed by atoms with Crippen LogP contribution in [0.15, 0.2) is 18.2 Å². The van der Waals surface area contributed by atoms with Crippen molar-refractivity contribution in [1.82, 2.24) is 9.97 Å². The van der Waals surface area contributed by atoms with Crippen LogP contribution in [0.1, 0.15) is 56.0 Å². The quantitative estimate of drug-likeness (QED) is 0.876. The Balaban J connectivity index is 1.74. The molecule has 5 heteroatoms. The van der Waals surface area contributed by atoms with Crippen LogP contribution < -0.4 is 10.1 Å². The highest BCUT2D eigenvalue weighted by Gasteiger charge is 2.24. The summed E-state index contributed by atoms with van der Waals surface area (Å²) in [6, 6.07) is 6.17. The molecule has 1 amide bonds. The third-order valence-corrected chi connectivity index (χ3v) is 5.74. The minimum absolute atomic E-state index is 0.0879. The number of anilines is 1. The van der Waals surface area contributed by atoms with E-state index in [4.69, 9.17) is 14.7 Å². The second kappa shape index (κ2) is 7.67. The Morgan fingerprint density at radius 2 is 2.00 bits per heavy atom. The van der Waals surface area contributed by atoms with Gasteiger partial charge in [-0.25, -0.2) is 9.97 Å². The SMILES string of the molecule is COc1ccc2c(c1)CCc1nc(NC(C)=O)c(CC3CCCCC3)nc1-2. The molecule has 0 aliphatic heterocycles. The number of rotatable bonds is 4. The van der Waals surface area contributed by atoms with Crippen molar-refractivity contribution in [3.63, 3.8) is 0 Å². The summed E-state index contributed by atoms with van der Waals surface area (Å²) in [5.74, 6) is 2.08. The highest BCUT2D eigenvalue weighted by atomic mass is 16.5. The van der Waals surface area contributed by atoms with Crippen LogP contribution in [-0.2, 0) is 24.1 Å². The van der Waals surface area contributed by atoms with Gasteiger partial charge in [0.25, 0.3) is 0 Å². The van der Waals surface area contributed by atoms with E-state index >= 15 is 0 Å². The first-order valence-corrected chi connectivity index (χ1v) is 9.98. The highest BCUT2D eigenvalue weighted by molar-refractivity contribution is 5.88. The molecule has 1 aromatic carbocycles. The maximum absolute atomic E-state index is 11.7. The van der Waals surface area contributed by atoms with Gasteiger partial charge in [0, 0.05) is 12.5 Å². The maximum Gasteiger partial charge on any atom is 0.222 e. The average molecular weight is 365 g/mol. The molecular weight excluding hydrogens is 338 g/mol.